The van der Waals surface area contributed by atoms with Gasteiger partial charge in [0, 0.05) is 42.7 Å². The zero-order valence-corrected chi connectivity index (χ0v) is 18.1. The van der Waals surface area contributed by atoms with E-state index in [4.69, 9.17) is 16.3 Å². The number of halogens is 1. The van der Waals surface area contributed by atoms with Crippen LogP contribution in [-0.4, -0.2) is 58.5 Å². The van der Waals surface area contributed by atoms with Crippen LogP contribution in [0.4, 0.5) is 0 Å². The van der Waals surface area contributed by atoms with Crippen LogP contribution in [0.5, 0.6) is 0 Å². The zero-order valence-electron chi connectivity index (χ0n) is 17.4. The van der Waals surface area contributed by atoms with Gasteiger partial charge in [0.05, 0.1) is 6.04 Å². The summed E-state index contributed by atoms with van der Waals surface area (Å²) in [4.78, 5) is 29.4. The van der Waals surface area contributed by atoms with Crippen LogP contribution in [-0.2, 0) is 20.9 Å². The summed E-state index contributed by atoms with van der Waals surface area (Å²) >= 11 is 6.07. The second-order valence-electron chi connectivity index (χ2n) is 8.25. The molecule has 6 nitrogen and oxygen atoms in total. The van der Waals surface area contributed by atoms with Crippen LogP contribution in [0, 0.1) is 0 Å². The third-order valence-corrected chi connectivity index (χ3v) is 5.47. The van der Waals surface area contributed by atoms with Gasteiger partial charge in [0.15, 0.2) is 0 Å². The van der Waals surface area contributed by atoms with E-state index >= 15 is 0 Å². The van der Waals surface area contributed by atoms with Crippen LogP contribution in [0.2, 0.25) is 5.02 Å². The van der Waals surface area contributed by atoms with Crippen molar-refractivity contribution in [2.45, 2.75) is 38.9 Å². The molecule has 1 atom stereocenters. The smallest absolute Gasteiger partial charge is 0.249 e. The second kappa shape index (κ2) is 8.59. The van der Waals surface area contributed by atoms with E-state index in [0.29, 0.717) is 11.6 Å². The molecule has 156 valence electrons. The molecule has 7 heteroatoms. The molecule has 1 aliphatic heterocycles. The van der Waals surface area contributed by atoms with E-state index in [0.717, 1.165) is 17.8 Å². The van der Waals surface area contributed by atoms with Gasteiger partial charge in [-0.15, -0.1) is 0 Å². The van der Waals surface area contributed by atoms with Gasteiger partial charge in [0.25, 0.3) is 0 Å². The number of hydrogen-bond acceptors (Lipinski definition) is 3. The molecule has 1 aromatic heterocycles. The van der Waals surface area contributed by atoms with Crippen molar-refractivity contribution in [2.24, 2.45) is 0 Å². The molecule has 0 saturated carbocycles. The molecular weight excluding hydrogens is 390 g/mol. The first-order valence-electron chi connectivity index (χ1n) is 9.71. The highest BCUT2D eigenvalue weighted by molar-refractivity contribution is 6.30. The van der Waals surface area contributed by atoms with Crippen LogP contribution < -0.4 is 0 Å². The van der Waals surface area contributed by atoms with Gasteiger partial charge in [-0.2, -0.15) is 0 Å². The molecule has 0 saturated heterocycles. The number of rotatable bonds is 5. The fourth-order valence-electron chi connectivity index (χ4n) is 3.77. The summed E-state index contributed by atoms with van der Waals surface area (Å²) in [5, 5.41) is 0.655. The highest BCUT2D eigenvalue weighted by atomic mass is 35.5. The summed E-state index contributed by atoms with van der Waals surface area (Å²) in [5.74, 6) is -0.284. The molecule has 0 aliphatic carbocycles. The Bertz CT molecular complexity index is 870. The molecule has 2 heterocycles. The Morgan fingerprint density at radius 3 is 2.48 bits per heavy atom. The number of hydrogen-bond donors (Lipinski definition) is 0. The van der Waals surface area contributed by atoms with E-state index in [-0.39, 0.29) is 31.0 Å². The maximum absolute atomic E-state index is 13.4. The van der Waals surface area contributed by atoms with E-state index < -0.39 is 5.54 Å². The van der Waals surface area contributed by atoms with Crippen molar-refractivity contribution in [3.05, 3.63) is 58.9 Å². The standard InChI is InChI=1S/C22H28ClN3O3/c1-22(2,3)26(20(28)15-29-4)14-19(27)25-13-12-24-11-5-6-18(24)21(25)16-7-9-17(23)10-8-16/h5-11,21H,12-15H2,1-4H3/t21-/m1/s1. The van der Waals surface area contributed by atoms with E-state index in [1.165, 1.54) is 7.11 Å². The molecular formula is C22H28ClN3O3. The molecule has 29 heavy (non-hydrogen) atoms. The lowest BCUT2D eigenvalue weighted by Gasteiger charge is -2.41. The molecule has 0 unspecified atom stereocenters. The summed E-state index contributed by atoms with van der Waals surface area (Å²) < 4.78 is 7.18. The third-order valence-electron chi connectivity index (χ3n) is 5.22. The van der Waals surface area contributed by atoms with Gasteiger partial charge in [-0.3, -0.25) is 9.59 Å². The predicted octanol–water partition coefficient (Wildman–Crippen LogP) is 3.35. The lowest BCUT2D eigenvalue weighted by Crippen LogP contribution is -2.53. The molecule has 0 fully saturated rings. The highest BCUT2D eigenvalue weighted by Crippen LogP contribution is 2.33. The second-order valence-corrected chi connectivity index (χ2v) is 8.69. The molecule has 2 aromatic rings. The monoisotopic (exact) mass is 417 g/mol. The first-order valence-corrected chi connectivity index (χ1v) is 10.1. The molecule has 0 radical (unpaired) electrons. The predicted molar refractivity (Wildman–Crippen MR) is 113 cm³/mol. The molecule has 1 aliphatic rings. The van der Waals surface area contributed by atoms with E-state index in [1.54, 1.807) is 4.90 Å². The van der Waals surface area contributed by atoms with Crippen LogP contribution in [0.15, 0.2) is 42.6 Å². The Morgan fingerprint density at radius 2 is 1.86 bits per heavy atom. The minimum Gasteiger partial charge on any atom is -0.375 e. The van der Waals surface area contributed by atoms with E-state index in [2.05, 4.69) is 4.57 Å². The summed E-state index contributed by atoms with van der Waals surface area (Å²) in [6, 6.07) is 11.4. The average molecular weight is 418 g/mol. The first-order chi connectivity index (χ1) is 13.7. The van der Waals surface area contributed by atoms with Crippen molar-refractivity contribution >= 4 is 23.4 Å². The van der Waals surface area contributed by atoms with Crippen molar-refractivity contribution in [3.63, 3.8) is 0 Å². The van der Waals surface area contributed by atoms with Crippen molar-refractivity contribution in [1.29, 1.82) is 0 Å². The highest BCUT2D eigenvalue weighted by Gasteiger charge is 2.35. The number of fused-ring (bicyclic) bond motifs is 1. The van der Waals surface area contributed by atoms with Gasteiger partial charge in [-0.25, -0.2) is 0 Å². The van der Waals surface area contributed by atoms with Crippen molar-refractivity contribution in [2.75, 3.05) is 26.8 Å². The fraction of sp³-hybridized carbons (Fsp3) is 0.455. The van der Waals surface area contributed by atoms with Gasteiger partial charge in [0.2, 0.25) is 11.8 Å². The summed E-state index contributed by atoms with van der Waals surface area (Å²) in [5.41, 5.74) is 1.56. The molecule has 0 N–H and O–H groups in total. The Labute approximate surface area is 177 Å². The Kier molecular flexibility index (Phi) is 6.34. The van der Waals surface area contributed by atoms with Crippen LogP contribution in [0.1, 0.15) is 38.1 Å². The number of aromatic nitrogens is 1. The number of amides is 2. The SMILES string of the molecule is COCC(=O)N(CC(=O)N1CCn2cccc2[C@H]1c1ccc(Cl)cc1)C(C)(C)C. The summed E-state index contributed by atoms with van der Waals surface area (Å²) in [6.45, 7) is 7.03. The fourth-order valence-corrected chi connectivity index (χ4v) is 3.90. The van der Waals surface area contributed by atoms with Crippen LogP contribution in [0.25, 0.3) is 0 Å². The third kappa shape index (κ3) is 4.65. The number of nitrogens with zero attached hydrogens (tertiary/aromatic N) is 3. The van der Waals surface area contributed by atoms with Gasteiger partial charge in [-0.1, -0.05) is 23.7 Å². The van der Waals surface area contributed by atoms with Gasteiger partial charge >= 0.3 is 0 Å². The zero-order chi connectivity index (χ0) is 21.2. The molecule has 0 bridgehead atoms. The lowest BCUT2D eigenvalue weighted by molar-refractivity contribution is -0.148. The largest absolute Gasteiger partial charge is 0.375 e. The summed E-state index contributed by atoms with van der Waals surface area (Å²) in [7, 11) is 1.48. The number of carbonyl (C=O) groups excluding carboxylic acids is 2. The van der Waals surface area contributed by atoms with Crippen LogP contribution >= 0.6 is 11.6 Å². The molecule has 0 spiro atoms. The lowest BCUT2D eigenvalue weighted by atomic mass is 9.99. The maximum Gasteiger partial charge on any atom is 0.249 e. The molecule has 1 aromatic carbocycles. The van der Waals surface area contributed by atoms with Crippen molar-refractivity contribution < 1.29 is 14.3 Å². The van der Waals surface area contributed by atoms with Crippen LogP contribution in [0.3, 0.4) is 0 Å². The Hall–Kier alpha value is -2.31. The van der Waals surface area contributed by atoms with Crippen molar-refractivity contribution in [1.82, 2.24) is 14.4 Å². The minimum atomic E-state index is -0.489. The maximum atomic E-state index is 13.4. The quantitative estimate of drug-likeness (QED) is 0.749. The average Bonchev–Trinajstić information content (AvgIpc) is 3.14. The normalized spacial score (nSPS) is 16.4. The molecule has 3 rings (SSSR count). The Balaban J connectivity index is 1.91. The number of ether oxygens (including phenoxy) is 1. The topological polar surface area (TPSA) is 54.8 Å². The van der Waals surface area contributed by atoms with Gasteiger partial charge in [0.1, 0.15) is 13.2 Å². The van der Waals surface area contributed by atoms with E-state index in [9.17, 15) is 9.59 Å². The van der Waals surface area contributed by atoms with Gasteiger partial charge in [-0.05, 0) is 50.6 Å². The minimum absolute atomic E-state index is 0.0104. The number of methoxy groups -OCH3 is 1. The van der Waals surface area contributed by atoms with E-state index in [1.807, 2.05) is 68.3 Å². The molecule has 2 amide bonds. The first kappa shape index (κ1) is 21.4. The van der Waals surface area contributed by atoms with Gasteiger partial charge < -0.3 is 19.1 Å². The Morgan fingerprint density at radius 1 is 1.17 bits per heavy atom. The van der Waals surface area contributed by atoms with Crippen molar-refractivity contribution in [3.8, 4) is 0 Å². The number of carbonyl (C=O) groups is 2. The summed E-state index contributed by atoms with van der Waals surface area (Å²) in [6.07, 6.45) is 2.03. The number of benzene rings is 1.